The normalized spacial score (nSPS) is 15.1. The maximum Gasteiger partial charge on any atom is 0.128 e. The summed E-state index contributed by atoms with van der Waals surface area (Å²) in [7, 11) is 1.95. The minimum absolute atomic E-state index is 0.842. The molecule has 0 amide bonds. The van der Waals surface area contributed by atoms with Gasteiger partial charge in [0, 0.05) is 19.6 Å². The molecule has 0 radical (unpaired) electrons. The molecule has 0 unspecified atom stereocenters. The van der Waals surface area contributed by atoms with Crippen molar-refractivity contribution in [2.75, 3.05) is 25.0 Å². The quantitative estimate of drug-likeness (QED) is 0.793. The van der Waals surface area contributed by atoms with Crippen molar-refractivity contribution in [1.29, 1.82) is 0 Å². The summed E-state index contributed by atoms with van der Waals surface area (Å²) >= 11 is 0. The fourth-order valence-corrected chi connectivity index (χ4v) is 1.92. The first-order chi connectivity index (χ1) is 7.83. The fraction of sp³-hybridized carbons (Fsp3) is 0.615. The highest BCUT2D eigenvalue weighted by Crippen LogP contribution is 2.30. The topological polar surface area (TPSA) is 28.2 Å². The van der Waals surface area contributed by atoms with Gasteiger partial charge in [-0.2, -0.15) is 0 Å². The Morgan fingerprint density at radius 1 is 1.44 bits per heavy atom. The lowest BCUT2D eigenvalue weighted by Gasteiger charge is -2.22. The highest BCUT2D eigenvalue weighted by Gasteiger charge is 2.24. The third-order valence-corrected chi connectivity index (χ3v) is 3.03. The molecule has 3 nitrogen and oxygen atoms in total. The first kappa shape index (κ1) is 11.4. The van der Waals surface area contributed by atoms with Crippen molar-refractivity contribution < 1.29 is 0 Å². The van der Waals surface area contributed by atoms with Gasteiger partial charge in [0.15, 0.2) is 0 Å². The molecule has 0 atom stereocenters. The molecule has 88 valence electrons. The molecule has 0 spiro atoms. The number of nitrogens with zero attached hydrogens (tertiary/aromatic N) is 2. The Morgan fingerprint density at radius 2 is 2.25 bits per heavy atom. The molecule has 1 heterocycles. The van der Waals surface area contributed by atoms with E-state index >= 15 is 0 Å². The Kier molecular flexibility index (Phi) is 3.78. The van der Waals surface area contributed by atoms with Crippen LogP contribution >= 0.6 is 0 Å². The Labute approximate surface area is 97.9 Å². The van der Waals surface area contributed by atoms with E-state index in [0.29, 0.717) is 0 Å². The van der Waals surface area contributed by atoms with Gasteiger partial charge in [-0.3, -0.25) is 0 Å². The van der Waals surface area contributed by atoms with Crippen molar-refractivity contribution in [1.82, 2.24) is 10.3 Å². The van der Waals surface area contributed by atoms with Crippen LogP contribution in [0.4, 0.5) is 5.82 Å². The average molecular weight is 219 g/mol. The van der Waals surface area contributed by atoms with E-state index in [1.165, 1.54) is 19.4 Å². The Bertz CT molecular complexity index is 334. The molecule has 2 rings (SSSR count). The average Bonchev–Trinajstić information content (AvgIpc) is 3.10. The number of hydrogen-bond acceptors (Lipinski definition) is 3. The molecule has 1 saturated carbocycles. The summed E-state index contributed by atoms with van der Waals surface area (Å²) in [5.74, 6) is 2.04. The molecule has 1 fully saturated rings. The molecule has 1 aliphatic carbocycles. The third-order valence-electron chi connectivity index (χ3n) is 3.03. The predicted octanol–water partition coefficient (Wildman–Crippen LogP) is 2.04. The van der Waals surface area contributed by atoms with Crippen molar-refractivity contribution in [3.8, 4) is 0 Å². The minimum Gasteiger partial charge on any atom is -0.357 e. The zero-order valence-electron chi connectivity index (χ0n) is 10.2. The first-order valence-electron chi connectivity index (χ1n) is 6.19. The molecule has 16 heavy (non-hydrogen) atoms. The first-order valence-corrected chi connectivity index (χ1v) is 6.19. The summed E-state index contributed by atoms with van der Waals surface area (Å²) in [4.78, 5) is 7.06. The van der Waals surface area contributed by atoms with Gasteiger partial charge in [-0.05, 0) is 44.9 Å². The number of nitrogens with one attached hydrogen (secondary N) is 1. The van der Waals surface area contributed by atoms with Crippen molar-refractivity contribution in [2.24, 2.45) is 5.92 Å². The van der Waals surface area contributed by atoms with Gasteiger partial charge in [0.2, 0.25) is 0 Å². The van der Waals surface area contributed by atoms with Gasteiger partial charge in [-0.15, -0.1) is 0 Å². The molecule has 1 N–H and O–H groups in total. The van der Waals surface area contributed by atoms with Crippen LogP contribution in [0.1, 0.15) is 25.5 Å². The molecule has 1 aromatic heterocycles. The lowest BCUT2D eigenvalue weighted by Crippen LogP contribution is -2.26. The molecular formula is C13H21N3. The van der Waals surface area contributed by atoms with Crippen LogP contribution in [-0.2, 0) is 6.54 Å². The van der Waals surface area contributed by atoms with Crippen molar-refractivity contribution in [2.45, 2.75) is 26.3 Å². The van der Waals surface area contributed by atoms with Gasteiger partial charge >= 0.3 is 0 Å². The Balaban J connectivity index is 2.06. The smallest absolute Gasteiger partial charge is 0.128 e. The monoisotopic (exact) mass is 219 g/mol. The summed E-state index contributed by atoms with van der Waals surface area (Å²) in [6, 6.07) is 6.29. The van der Waals surface area contributed by atoms with Crippen LogP contribution in [0.25, 0.3) is 0 Å². The van der Waals surface area contributed by atoms with Crippen LogP contribution in [0.3, 0.4) is 0 Å². The molecule has 0 aromatic carbocycles. The summed E-state index contributed by atoms with van der Waals surface area (Å²) in [6.07, 6.45) is 2.79. The second-order valence-corrected chi connectivity index (χ2v) is 4.50. The molecule has 0 aliphatic heterocycles. The van der Waals surface area contributed by atoms with Crippen LogP contribution in [0.5, 0.6) is 0 Å². The lowest BCUT2D eigenvalue weighted by molar-refractivity contribution is 0.722. The summed E-state index contributed by atoms with van der Waals surface area (Å²) in [5, 5.41) is 3.14. The van der Waals surface area contributed by atoms with Crippen LogP contribution in [0, 0.1) is 5.92 Å². The van der Waals surface area contributed by atoms with Crippen molar-refractivity contribution in [3.63, 3.8) is 0 Å². The molecule has 3 heteroatoms. The van der Waals surface area contributed by atoms with Crippen LogP contribution in [0.2, 0.25) is 0 Å². The standard InChI is InChI=1S/C13H21N3/c1-3-16(10-11-7-8-11)13-6-4-5-12(15-13)9-14-2/h4-6,11,14H,3,7-10H2,1-2H3. The van der Waals surface area contributed by atoms with Gasteiger partial charge in [-0.1, -0.05) is 6.07 Å². The number of aromatic nitrogens is 1. The van der Waals surface area contributed by atoms with Crippen LogP contribution in [0.15, 0.2) is 18.2 Å². The van der Waals surface area contributed by atoms with E-state index in [1.807, 2.05) is 7.05 Å². The van der Waals surface area contributed by atoms with Crippen molar-refractivity contribution in [3.05, 3.63) is 23.9 Å². The maximum absolute atomic E-state index is 4.68. The second-order valence-electron chi connectivity index (χ2n) is 4.50. The summed E-state index contributed by atoms with van der Waals surface area (Å²) in [6.45, 7) is 5.27. The van der Waals surface area contributed by atoms with Gasteiger partial charge in [0.25, 0.3) is 0 Å². The van der Waals surface area contributed by atoms with E-state index in [1.54, 1.807) is 0 Å². The SMILES string of the molecule is CCN(CC1CC1)c1cccc(CNC)n1. The van der Waals surface area contributed by atoms with E-state index in [9.17, 15) is 0 Å². The lowest BCUT2D eigenvalue weighted by atomic mass is 10.3. The molecule has 0 bridgehead atoms. The predicted molar refractivity (Wildman–Crippen MR) is 67.6 cm³/mol. The van der Waals surface area contributed by atoms with Crippen molar-refractivity contribution >= 4 is 5.82 Å². The third kappa shape index (κ3) is 2.95. The van der Waals surface area contributed by atoms with Crippen LogP contribution in [-0.4, -0.2) is 25.1 Å². The summed E-state index contributed by atoms with van der Waals surface area (Å²) < 4.78 is 0. The van der Waals surface area contributed by atoms with Gasteiger partial charge < -0.3 is 10.2 Å². The largest absolute Gasteiger partial charge is 0.357 e. The van der Waals surface area contributed by atoms with Crippen LogP contribution < -0.4 is 10.2 Å². The molecule has 0 saturated heterocycles. The van der Waals surface area contributed by atoms with E-state index < -0.39 is 0 Å². The van der Waals surface area contributed by atoms with E-state index in [0.717, 1.165) is 30.5 Å². The van der Waals surface area contributed by atoms with Gasteiger partial charge in [0.1, 0.15) is 5.82 Å². The second kappa shape index (κ2) is 5.30. The van der Waals surface area contributed by atoms with E-state index in [4.69, 9.17) is 0 Å². The van der Waals surface area contributed by atoms with E-state index in [2.05, 4.69) is 40.3 Å². The molecule has 1 aliphatic rings. The number of pyridine rings is 1. The highest BCUT2D eigenvalue weighted by atomic mass is 15.2. The minimum atomic E-state index is 0.842. The van der Waals surface area contributed by atoms with E-state index in [-0.39, 0.29) is 0 Å². The maximum atomic E-state index is 4.68. The highest BCUT2D eigenvalue weighted by molar-refractivity contribution is 5.39. The molecule has 1 aromatic rings. The number of rotatable bonds is 6. The zero-order valence-corrected chi connectivity index (χ0v) is 10.2. The number of anilines is 1. The van der Waals surface area contributed by atoms with Gasteiger partial charge in [0.05, 0.1) is 5.69 Å². The number of hydrogen-bond donors (Lipinski definition) is 1. The fourth-order valence-electron chi connectivity index (χ4n) is 1.92. The molecular weight excluding hydrogens is 198 g/mol. The Morgan fingerprint density at radius 3 is 2.88 bits per heavy atom. The Hall–Kier alpha value is -1.09. The van der Waals surface area contributed by atoms with Gasteiger partial charge in [-0.25, -0.2) is 4.98 Å². The summed E-state index contributed by atoms with van der Waals surface area (Å²) in [5.41, 5.74) is 1.12. The zero-order chi connectivity index (χ0) is 11.4.